The largest absolute Gasteiger partial charge is 2.00 e. The molecule has 0 nitrogen and oxygen atoms in total. The molecule has 0 heterocycles. The molecule has 0 aromatic heterocycles. The zero-order chi connectivity index (χ0) is 7.15. The van der Waals surface area contributed by atoms with E-state index in [1.54, 1.807) is 0 Å². The van der Waals surface area contributed by atoms with E-state index in [1.165, 1.54) is 0 Å². The molecule has 0 aliphatic rings. The third-order valence-corrected chi connectivity index (χ3v) is 0. The van der Waals surface area contributed by atoms with Crippen molar-refractivity contribution in [3.63, 3.8) is 0 Å². The molecule has 0 fully saturated rings. The second-order valence-corrected chi connectivity index (χ2v) is 2.79. The molecule has 0 aliphatic carbocycles. The Morgan fingerprint density at radius 2 is 0.800 bits per heavy atom. The molecule has 0 unspecified atom stereocenters. The number of hydrogen-bond donors (Lipinski definition) is 0. The van der Waals surface area contributed by atoms with Crippen LogP contribution in [-0.4, -0.2) is 0 Å². The second-order valence-electron chi connectivity index (χ2n) is 2.79. The summed E-state index contributed by atoms with van der Waals surface area (Å²) in [6.07, 6.45) is 0. The summed E-state index contributed by atoms with van der Waals surface area (Å²) in [7, 11) is 0. The molecule has 10 heavy (non-hydrogen) atoms. The van der Waals surface area contributed by atoms with E-state index in [0.717, 1.165) is 0 Å². The molecule has 0 spiro atoms. The average molecular weight is 245 g/mol. The van der Waals surface area contributed by atoms with Gasteiger partial charge in [-0.1, -0.05) is 27.7 Å². The predicted molar refractivity (Wildman–Crippen MR) is 40.4 cm³/mol. The second kappa shape index (κ2) is 16.7. The summed E-state index contributed by atoms with van der Waals surface area (Å²) >= 11 is 0. The van der Waals surface area contributed by atoms with E-state index < -0.39 is 0 Å². The molecule has 0 amide bonds. The zero-order valence-electron chi connectivity index (χ0n) is 7.98. The summed E-state index contributed by atoms with van der Waals surface area (Å²) in [5.41, 5.74) is 0. The molecule has 54 valence electrons. The van der Waals surface area contributed by atoms with Gasteiger partial charge in [-0.25, -0.2) is 0 Å². The Balaban J connectivity index is -0.0000000300. The van der Waals surface area contributed by atoms with Crippen LogP contribution in [0.4, 0.5) is 0 Å². The van der Waals surface area contributed by atoms with Gasteiger partial charge in [-0.2, -0.15) is 11.8 Å². The van der Waals surface area contributed by atoms with Gasteiger partial charge >= 0.3 is 19.5 Å². The third kappa shape index (κ3) is 405. The van der Waals surface area contributed by atoms with Crippen LogP contribution >= 0.6 is 0 Å². The maximum Gasteiger partial charge on any atom is 2.00 e. The summed E-state index contributed by atoms with van der Waals surface area (Å²) in [6, 6.07) is 0. The summed E-state index contributed by atoms with van der Waals surface area (Å²) < 4.78 is 0. The van der Waals surface area contributed by atoms with Gasteiger partial charge in [0.15, 0.2) is 0 Å². The van der Waals surface area contributed by atoms with Crippen LogP contribution in [0.5, 0.6) is 0 Å². The van der Waals surface area contributed by atoms with Crippen molar-refractivity contribution in [1.29, 1.82) is 0 Å². The van der Waals surface area contributed by atoms with Gasteiger partial charge in [0.05, 0.1) is 0 Å². The van der Waals surface area contributed by atoms with E-state index in [9.17, 15) is 0 Å². The molecule has 0 radical (unpaired) electrons. The first-order chi connectivity index (χ1) is 3.46. The van der Waals surface area contributed by atoms with Crippen molar-refractivity contribution in [2.45, 2.75) is 27.7 Å². The predicted octanol–water partition coefficient (Wildman–Crippen LogP) is 2.95. The third-order valence-electron chi connectivity index (χ3n) is 0. The molecule has 0 bridgehead atoms. The van der Waals surface area contributed by atoms with Gasteiger partial charge < -0.3 is 13.8 Å². The van der Waals surface area contributed by atoms with Crippen LogP contribution < -0.4 is 0 Å². The van der Waals surface area contributed by atoms with Gasteiger partial charge in [0.1, 0.15) is 0 Å². The SMILES string of the molecule is [CH2-]C(C)C.[CH2-]C(C)C.[Zn+2].[Zn]. The van der Waals surface area contributed by atoms with Gasteiger partial charge in [-0.15, -0.1) is 0 Å². The fourth-order valence-corrected chi connectivity index (χ4v) is 0. The van der Waals surface area contributed by atoms with Crippen LogP contribution in [0.3, 0.4) is 0 Å². The Kier molecular flexibility index (Phi) is 37.5. The van der Waals surface area contributed by atoms with Crippen LogP contribution in [-0.2, 0) is 39.0 Å². The maximum atomic E-state index is 3.64. The molecule has 0 saturated carbocycles. The zero-order valence-corrected chi connectivity index (χ0v) is 13.9. The minimum Gasteiger partial charge on any atom is -0.341 e. The van der Waals surface area contributed by atoms with Crippen molar-refractivity contribution in [2.24, 2.45) is 11.8 Å². The first kappa shape index (κ1) is 22.5. The van der Waals surface area contributed by atoms with Crippen LogP contribution in [0.1, 0.15) is 27.7 Å². The van der Waals surface area contributed by atoms with E-state index >= 15 is 0 Å². The molecule has 0 atom stereocenters. The Labute approximate surface area is 92.1 Å². The standard InChI is InChI=1S/2C4H9.2Zn/c2*1-4(2)3;;/h2*4H,1H2,2-3H3;;/q2*-1;;+2. The quantitative estimate of drug-likeness (QED) is 0.454. The van der Waals surface area contributed by atoms with Gasteiger partial charge in [0.25, 0.3) is 0 Å². The Morgan fingerprint density at radius 3 is 0.800 bits per heavy atom. The van der Waals surface area contributed by atoms with Crippen molar-refractivity contribution >= 4 is 0 Å². The first-order valence-electron chi connectivity index (χ1n) is 3.13. The Hall–Kier alpha value is 1.25. The molecule has 0 rings (SSSR count). The van der Waals surface area contributed by atoms with E-state index in [1.807, 2.05) is 0 Å². The topological polar surface area (TPSA) is 0 Å². The monoisotopic (exact) mass is 242 g/mol. The van der Waals surface area contributed by atoms with E-state index in [4.69, 9.17) is 0 Å². The van der Waals surface area contributed by atoms with Crippen molar-refractivity contribution < 1.29 is 39.0 Å². The molecule has 0 aromatic carbocycles. The molecule has 0 N–H and O–H groups in total. The summed E-state index contributed by atoms with van der Waals surface area (Å²) in [4.78, 5) is 0. The molecular formula is C8H18Zn2. The van der Waals surface area contributed by atoms with Gasteiger partial charge in [0, 0.05) is 19.5 Å². The first-order valence-corrected chi connectivity index (χ1v) is 3.13. The number of hydrogen-bond acceptors (Lipinski definition) is 0. The van der Waals surface area contributed by atoms with Crippen LogP contribution in [0.25, 0.3) is 0 Å². The molecule has 0 aromatic rings. The summed E-state index contributed by atoms with van der Waals surface area (Å²) in [5.74, 6) is 1.17. The van der Waals surface area contributed by atoms with Crippen molar-refractivity contribution in [2.75, 3.05) is 0 Å². The van der Waals surface area contributed by atoms with Crippen LogP contribution in [0, 0.1) is 25.7 Å². The molecule has 0 aliphatic heterocycles. The van der Waals surface area contributed by atoms with E-state index in [-0.39, 0.29) is 39.0 Å². The number of rotatable bonds is 0. The van der Waals surface area contributed by atoms with Crippen LogP contribution in [0.15, 0.2) is 0 Å². The van der Waals surface area contributed by atoms with Crippen molar-refractivity contribution in [1.82, 2.24) is 0 Å². The normalized spacial score (nSPS) is 7.20. The van der Waals surface area contributed by atoms with Crippen molar-refractivity contribution in [3.05, 3.63) is 13.8 Å². The van der Waals surface area contributed by atoms with Crippen LogP contribution in [0.2, 0.25) is 0 Å². The summed E-state index contributed by atoms with van der Waals surface area (Å²) in [5, 5.41) is 0. The van der Waals surface area contributed by atoms with Gasteiger partial charge in [-0.05, 0) is 0 Å². The minimum absolute atomic E-state index is 0. The van der Waals surface area contributed by atoms with Crippen molar-refractivity contribution in [3.8, 4) is 0 Å². The Bertz CT molecular complexity index is 22.7. The Morgan fingerprint density at radius 1 is 0.800 bits per heavy atom. The molecular weight excluding hydrogens is 227 g/mol. The average Bonchev–Trinajstić information content (AvgIpc) is 1.25. The summed E-state index contributed by atoms with van der Waals surface area (Å²) in [6.45, 7) is 15.5. The smallest absolute Gasteiger partial charge is 0.341 e. The van der Waals surface area contributed by atoms with Gasteiger partial charge in [-0.3, -0.25) is 0 Å². The maximum absolute atomic E-state index is 3.64. The molecule has 0 saturated heterocycles. The molecule has 2 heteroatoms. The minimum atomic E-state index is 0. The fourth-order valence-electron chi connectivity index (χ4n) is 0. The van der Waals surface area contributed by atoms with E-state index in [0.29, 0.717) is 11.8 Å². The fraction of sp³-hybridized carbons (Fsp3) is 0.750. The van der Waals surface area contributed by atoms with E-state index in [2.05, 4.69) is 41.5 Å². The van der Waals surface area contributed by atoms with Gasteiger partial charge in [0.2, 0.25) is 0 Å².